The number of hydrazine groups is 1. The Morgan fingerprint density at radius 1 is 1.38 bits per heavy atom. The molecule has 2 rings (SSSR count). The van der Waals surface area contributed by atoms with E-state index in [4.69, 9.17) is 10.6 Å². The highest BCUT2D eigenvalue weighted by molar-refractivity contribution is 5.07. The molecule has 1 aliphatic carbocycles. The van der Waals surface area contributed by atoms with Crippen LogP contribution in [0.25, 0.3) is 0 Å². The predicted octanol–water partition coefficient (Wildman–Crippen LogP) is 2.58. The first-order chi connectivity index (χ1) is 10.1. The summed E-state index contributed by atoms with van der Waals surface area (Å²) in [6.07, 6.45) is 8.77. The highest BCUT2D eigenvalue weighted by atomic mass is 16.5. The van der Waals surface area contributed by atoms with E-state index in [9.17, 15) is 0 Å². The summed E-state index contributed by atoms with van der Waals surface area (Å²) in [5, 5.41) is 4.65. The van der Waals surface area contributed by atoms with Crippen molar-refractivity contribution in [1.29, 1.82) is 0 Å². The van der Waals surface area contributed by atoms with Gasteiger partial charge in [-0.2, -0.15) is 5.10 Å². The van der Waals surface area contributed by atoms with Gasteiger partial charge in [-0.3, -0.25) is 16.0 Å². The van der Waals surface area contributed by atoms with E-state index in [1.807, 2.05) is 10.9 Å². The summed E-state index contributed by atoms with van der Waals surface area (Å²) in [5.74, 6) is 5.87. The highest BCUT2D eigenvalue weighted by Crippen LogP contribution is 2.35. The molecule has 1 aromatic heterocycles. The lowest BCUT2D eigenvalue weighted by atomic mass is 9.77. The molecular formula is C16H30N4O. The molecule has 1 fully saturated rings. The second-order valence-corrected chi connectivity index (χ2v) is 6.36. The van der Waals surface area contributed by atoms with Crippen LogP contribution in [0.4, 0.5) is 0 Å². The molecule has 120 valence electrons. The number of rotatable bonds is 7. The molecule has 0 aromatic carbocycles. The maximum atomic E-state index is 6.17. The molecule has 1 saturated carbocycles. The smallest absolute Gasteiger partial charge is 0.0851 e. The van der Waals surface area contributed by atoms with Gasteiger partial charge in [0, 0.05) is 25.3 Å². The molecule has 0 aliphatic heterocycles. The summed E-state index contributed by atoms with van der Waals surface area (Å²) in [4.78, 5) is 0. The average molecular weight is 294 g/mol. The van der Waals surface area contributed by atoms with Crippen LogP contribution in [0.2, 0.25) is 0 Å². The molecule has 3 N–H and O–H groups in total. The summed E-state index contributed by atoms with van der Waals surface area (Å²) in [5.41, 5.74) is 3.95. The van der Waals surface area contributed by atoms with E-state index in [1.54, 1.807) is 0 Å². The van der Waals surface area contributed by atoms with Crippen LogP contribution in [0, 0.1) is 0 Å². The van der Waals surface area contributed by atoms with E-state index < -0.39 is 0 Å². The largest absolute Gasteiger partial charge is 0.374 e. The van der Waals surface area contributed by atoms with E-state index in [-0.39, 0.29) is 11.6 Å². The molecule has 0 saturated heterocycles. The number of hydrogen-bond donors (Lipinski definition) is 2. The lowest BCUT2D eigenvalue weighted by Crippen LogP contribution is -2.57. The Hall–Kier alpha value is -0.910. The number of hydrogen-bond acceptors (Lipinski definition) is 4. The van der Waals surface area contributed by atoms with Crippen LogP contribution in [0.5, 0.6) is 0 Å². The predicted molar refractivity (Wildman–Crippen MR) is 84.9 cm³/mol. The Bertz CT molecular complexity index is 418. The first kappa shape index (κ1) is 16.5. The summed E-state index contributed by atoms with van der Waals surface area (Å²) >= 11 is 0. The molecule has 0 spiro atoms. The van der Waals surface area contributed by atoms with Crippen molar-refractivity contribution in [2.45, 2.75) is 77.0 Å². The monoisotopic (exact) mass is 294 g/mol. The van der Waals surface area contributed by atoms with Crippen LogP contribution in [-0.4, -0.2) is 28.0 Å². The minimum absolute atomic E-state index is 0.119. The lowest BCUT2D eigenvalue weighted by molar-refractivity contribution is -0.0900. The molecule has 1 unspecified atom stereocenters. The molecule has 0 radical (unpaired) electrons. The standard InChI is InChI=1S/C16H30N4O/c1-4-21-16(9-6-5-7-10-16)15(18-17)12-14-8-11-20(19-14)13(2)3/h8,11,13,15,18H,4-7,9-10,12,17H2,1-3H3. The second kappa shape index (κ2) is 7.38. The van der Waals surface area contributed by atoms with Gasteiger partial charge in [-0.1, -0.05) is 19.3 Å². The maximum absolute atomic E-state index is 6.17. The van der Waals surface area contributed by atoms with Crippen molar-refractivity contribution >= 4 is 0 Å². The Morgan fingerprint density at radius 3 is 2.62 bits per heavy atom. The summed E-state index contributed by atoms with van der Waals surface area (Å²) in [6, 6.07) is 2.60. The van der Waals surface area contributed by atoms with Gasteiger partial charge in [-0.05, 0) is 39.7 Å². The van der Waals surface area contributed by atoms with Crippen LogP contribution in [0.15, 0.2) is 12.3 Å². The number of nitrogens with two attached hydrogens (primary N) is 1. The molecule has 5 nitrogen and oxygen atoms in total. The van der Waals surface area contributed by atoms with Gasteiger partial charge in [0.05, 0.1) is 17.3 Å². The van der Waals surface area contributed by atoms with E-state index >= 15 is 0 Å². The van der Waals surface area contributed by atoms with Crippen molar-refractivity contribution in [3.63, 3.8) is 0 Å². The first-order valence-electron chi connectivity index (χ1n) is 8.25. The number of aromatic nitrogens is 2. The minimum Gasteiger partial charge on any atom is -0.374 e. The molecule has 5 heteroatoms. The third kappa shape index (κ3) is 3.84. The van der Waals surface area contributed by atoms with Crippen LogP contribution in [0.3, 0.4) is 0 Å². The molecule has 0 bridgehead atoms. The zero-order valence-corrected chi connectivity index (χ0v) is 13.6. The minimum atomic E-state index is -0.136. The fourth-order valence-corrected chi connectivity index (χ4v) is 3.41. The fraction of sp³-hybridized carbons (Fsp3) is 0.812. The highest BCUT2D eigenvalue weighted by Gasteiger charge is 2.40. The molecule has 1 aromatic rings. The Kier molecular flexibility index (Phi) is 5.79. The number of nitrogens with zero attached hydrogens (tertiary/aromatic N) is 2. The average Bonchev–Trinajstić information content (AvgIpc) is 2.95. The van der Waals surface area contributed by atoms with Crippen LogP contribution >= 0.6 is 0 Å². The van der Waals surface area contributed by atoms with Gasteiger partial charge < -0.3 is 4.74 Å². The first-order valence-corrected chi connectivity index (χ1v) is 8.25. The molecule has 21 heavy (non-hydrogen) atoms. The van der Waals surface area contributed by atoms with E-state index in [2.05, 4.69) is 37.4 Å². The third-order valence-electron chi connectivity index (χ3n) is 4.57. The van der Waals surface area contributed by atoms with Crippen molar-refractivity contribution in [3.8, 4) is 0 Å². The van der Waals surface area contributed by atoms with Crippen LogP contribution in [-0.2, 0) is 11.2 Å². The fourth-order valence-electron chi connectivity index (χ4n) is 3.41. The third-order valence-corrected chi connectivity index (χ3v) is 4.57. The SMILES string of the molecule is CCOC1(C(Cc2ccn(C(C)C)n2)NN)CCCCC1. The van der Waals surface area contributed by atoms with Crippen molar-refractivity contribution in [1.82, 2.24) is 15.2 Å². The van der Waals surface area contributed by atoms with Crippen LogP contribution < -0.4 is 11.3 Å². The Morgan fingerprint density at radius 2 is 2.10 bits per heavy atom. The maximum Gasteiger partial charge on any atom is 0.0851 e. The lowest BCUT2D eigenvalue weighted by Gasteiger charge is -2.42. The van der Waals surface area contributed by atoms with Gasteiger partial charge in [0.25, 0.3) is 0 Å². The van der Waals surface area contributed by atoms with Crippen LogP contribution in [0.1, 0.15) is 64.6 Å². The van der Waals surface area contributed by atoms with Crippen molar-refractivity contribution in [3.05, 3.63) is 18.0 Å². The van der Waals surface area contributed by atoms with Gasteiger partial charge in [0.2, 0.25) is 0 Å². The number of ether oxygens (including phenoxy) is 1. The van der Waals surface area contributed by atoms with Gasteiger partial charge in [-0.25, -0.2) is 0 Å². The van der Waals surface area contributed by atoms with Crippen molar-refractivity contribution in [2.24, 2.45) is 5.84 Å². The second-order valence-electron chi connectivity index (χ2n) is 6.36. The molecular weight excluding hydrogens is 264 g/mol. The van der Waals surface area contributed by atoms with Gasteiger partial charge in [0.15, 0.2) is 0 Å². The molecule has 1 atom stereocenters. The molecule has 0 amide bonds. The molecule has 1 heterocycles. The van der Waals surface area contributed by atoms with Gasteiger partial charge >= 0.3 is 0 Å². The summed E-state index contributed by atoms with van der Waals surface area (Å²) in [7, 11) is 0. The quantitative estimate of drug-likeness (QED) is 0.599. The summed E-state index contributed by atoms with van der Waals surface area (Å²) < 4.78 is 8.17. The summed E-state index contributed by atoms with van der Waals surface area (Å²) in [6.45, 7) is 7.08. The van der Waals surface area contributed by atoms with E-state index in [0.29, 0.717) is 6.04 Å². The number of nitrogens with one attached hydrogen (secondary N) is 1. The topological polar surface area (TPSA) is 65.1 Å². The Balaban J connectivity index is 2.12. The van der Waals surface area contributed by atoms with Crippen molar-refractivity contribution in [2.75, 3.05) is 6.61 Å². The van der Waals surface area contributed by atoms with E-state index in [1.165, 1.54) is 19.3 Å². The zero-order valence-electron chi connectivity index (χ0n) is 13.6. The zero-order chi connectivity index (χ0) is 15.3. The van der Waals surface area contributed by atoms with Gasteiger partial charge in [0.1, 0.15) is 0 Å². The van der Waals surface area contributed by atoms with Gasteiger partial charge in [-0.15, -0.1) is 0 Å². The Labute approximate surface area is 128 Å². The normalized spacial score (nSPS) is 19.9. The van der Waals surface area contributed by atoms with E-state index in [0.717, 1.165) is 31.6 Å². The molecule has 1 aliphatic rings. The van der Waals surface area contributed by atoms with Crippen molar-refractivity contribution < 1.29 is 4.74 Å².